The Balaban J connectivity index is 0.00000200. The van der Waals surface area contributed by atoms with Crippen LogP contribution in [0, 0.1) is 0 Å². The molecule has 21 heavy (non-hydrogen) atoms. The minimum atomic E-state index is -0.0138. The summed E-state index contributed by atoms with van der Waals surface area (Å²) in [6.07, 6.45) is 6.42. The van der Waals surface area contributed by atoms with E-state index in [4.69, 9.17) is 5.73 Å². The molecule has 1 heterocycles. The van der Waals surface area contributed by atoms with Crippen molar-refractivity contribution in [3.05, 3.63) is 43.0 Å². The van der Waals surface area contributed by atoms with Crippen LogP contribution in [0.2, 0.25) is 0 Å². The summed E-state index contributed by atoms with van der Waals surface area (Å²) in [5, 5.41) is 2.87. The van der Waals surface area contributed by atoms with Crippen LogP contribution in [0.1, 0.15) is 19.8 Å². The molecule has 0 aliphatic rings. The first-order chi connectivity index (χ1) is 9.15. The lowest BCUT2D eigenvalue weighted by atomic mass is 10.2. The molecular weight excluding hydrogens is 311 g/mol. The van der Waals surface area contributed by atoms with Gasteiger partial charge in [-0.1, -0.05) is 6.07 Å². The third kappa shape index (κ3) is 6.16. The number of carbonyl (C=O) groups excluding carboxylic acids is 1. The van der Waals surface area contributed by atoms with Crippen LogP contribution in [0.25, 0.3) is 5.69 Å². The Morgan fingerprint density at radius 1 is 1.43 bits per heavy atom. The molecule has 0 saturated heterocycles. The van der Waals surface area contributed by atoms with E-state index in [1.165, 1.54) is 0 Å². The predicted molar refractivity (Wildman–Crippen MR) is 89.6 cm³/mol. The van der Waals surface area contributed by atoms with Gasteiger partial charge < -0.3 is 15.6 Å². The van der Waals surface area contributed by atoms with Crippen molar-refractivity contribution >= 4 is 36.4 Å². The van der Waals surface area contributed by atoms with E-state index in [0.29, 0.717) is 12.8 Å². The summed E-state index contributed by atoms with van der Waals surface area (Å²) in [4.78, 5) is 15.7. The summed E-state index contributed by atoms with van der Waals surface area (Å²) in [5.41, 5.74) is 7.37. The zero-order chi connectivity index (χ0) is 13.7. The fourth-order valence-corrected chi connectivity index (χ4v) is 1.74. The van der Waals surface area contributed by atoms with Gasteiger partial charge in [-0.2, -0.15) is 0 Å². The standard InChI is InChI=1S/C14H18N4O.2ClH/c1-11(15)5-6-14(19)17-12-3-2-4-13(9-12)18-8-7-16-10-18;;/h2-4,7-11H,5-6,15H2,1H3,(H,17,19);2*1H. The van der Waals surface area contributed by atoms with Gasteiger partial charge in [0.1, 0.15) is 0 Å². The van der Waals surface area contributed by atoms with Gasteiger partial charge >= 0.3 is 0 Å². The Kier molecular flexibility index (Phi) is 8.69. The Labute approximate surface area is 136 Å². The summed E-state index contributed by atoms with van der Waals surface area (Å²) in [6, 6.07) is 7.67. The molecule has 5 nitrogen and oxygen atoms in total. The largest absolute Gasteiger partial charge is 0.328 e. The molecule has 3 N–H and O–H groups in total. The zero-order valence-corrected chi connectivity index (χ0v) is 13.4. The SMILES string of the molecule is CC(N)CCC(=O)Nc1cccc(-n2ccnc2)c1.Cl.Cl. The number of amides is 1. The summed E-state index contributed by atoms with van der Waals surface area (Å²) >= 11 is 0. The van der Waals surface area contributed by atoms with Crippen LogP contribution in [-0.2, 0) is 4.79 Å². The second-order valence-electron chi connectivity index (χ2n) is 4.58. The lowest BCUT2D eigenvalue weighted by Crippen LogP contribution is -2.19. The van der Waals surface area contributed by atoms with Crippen molar-refractivity contribution in [2.75, 3.05) is 5.32 Å². The first-order valence-electron chi connectivity index (χ1n) is 6.29. The number of benzene rings is 1. The highest BCUT2D eigenvalue weighted by molar-refractivity contribution is 5.91. The first kappa shape index (κ1) is 19.4. The number of imidazole rings is 1. The fraction of sp³-hybridized carbons (Fsp3) is 0.286. The number of nitrogens with two attached hydrogens (primary N) is 1. The first-order valence-corrected chi connectivity index (χ1v) is 6.29. The number of hydrogen-bond acceptors (Lipinski definition) is 3. The summed E-state index contributed by atoms with van der Waals surface area (Å²) in [7, 11) is 0. The van der Waals surface area contributed by atoms with Gasteiger partial charge in [-0.15, -0.1) is 24.8 Å². The highest BCUT2D eigenvalue weighted by Gasteiger charge is 2.05. The molecule has 0 fully saturated rings. The Bertz CT molecular complexity index is 544. The monoisotopic (exact) mass is 330 g/mol. The highest BCUT2D eigenvalue weighted by atomic mass is 35.5. The number of hydrogen-bond donors (Lipinski definition) is 2. The molecule has 0 aliphatic heterocycles. The van der Waals surface area contributed by atoms with Crippen molar-refractivity contribution in [2.24, 2.45) is 5.73 Å². The molecule has 0 bridgehead atoms. The highest BCUT2D eigenvalue weighted by Crippen LogP contribution is 2.14. The molecule has 7 heteroatoms. The molecule has 1 amide bonds. The lowest BCUT2D eigenvalue weighted by molar-refractivity contribution is -0.116. The van der Waals surface area contributed by atoms with E-state index in [-0.39, 0.29) is 36.8 Å². The Morgan fingerprint density at radius 3 is 2.81 bits per heavy atom. The van der Waals surface area contributed by atoms with E-state index < -0.39 is 0 Å². The molecule has 0 saturated carbocycles. The van der Waals surface area contributed by atoms with E-state index >= 15 is 0 Å². The number of carbonyl (C=O) groups is 1. The van der Waals surface area contributed by atoms with Crippen LogP contribution in [0.4, 0.5) is 5.69 Å². The van der Waals surface area contributed by atoms with Crippen molar-refractivity contribution in [1.29, 1.82) is 0 Å². The van der Waals surface area contributed by atoms with E-state index in [2.05, 4.69) is 10.3 Å². The van der Waals surface area contributed by atoms with E-state index in [1.807, 2.05) is 42.0 Å². The van der Waals surface area contributed by atoms with Crippen molar-refractivity contribution in [3.8, 4) is 5.69 Å². The van der Waals surface area contributed by atoms with Crippen LogP contribution < -0.4 is 11.1 Å². The number of nitrogens with one attached hydrogen (secondary N) is 1. The van der Waals surface area contributed by atoms with Crippen LogP contribution in [0.3, 0.4) is 0 Å². The van der Waals surface area contributed by atoms with E-state index in [9.17, 15) is 4.79 Å². The molecule has 1 aromatic carbocycles. The van der Waals surface area contributed by atoms with Gasteiger partial charge in [0.25, 0.3) is 0 Å². The second kappa shape index (κ2) is 9.39. The molecule has 0 aliphatic carbocycles. The molecule has 116 valence electrons. The molecule has 0 radical (unpaired) electrons. The van der Waals surface area contributed by atoms with Gasteiger partial charge in [-0.05, 0) is 31.5 Å². The molecular formula is C14H20Cl2N4O. The zero-order valence-electron chi connectivity index (χ0n) is 11.7. The smallest absolute Gasteiger partial charge is 0.224 e. The van der Waals surface area contributed by atoms with Crippen molar-refractivity contribution in [1.82, 2.24) is 9.55 Å². The van der Waals surface area contributed by atoms with E-state index in [0.717, 1.165) is 11.4 Å². The van der Waals surface area contributed by atoms with Gasteiger partial charge in [0.05, 0.1) is 6.33 Å². The molecule has 0 spiro atoms. The predicted octanol–water partition coefficient (Wildman–Crippen LogP) is 2.78. The summed E-state index contributed by atoms with van der Waals surface area (Å²) in [5.74, 6) is -0.0138. The van der Waals surface area contributed by atoms with Crippen LogP contribution in [-0.4, -0.2) is 21.5 Å². The van der Waals surface area contributed by atoms with Crippen LogP contribution in [0.5, 0.6) is 0 Å². The molecule has 2 rings (SSSR count). The second-order valence-corrected chi connectivity index (χ2v) is 4.58. The maximum Gasteiger partial charge on any atom is 0.224 e. The maximum absolute atomic E-state index is 11.7. The number of nitrogens with zero attached hydrogens (tertiary/aromatic N) is 2. The lowest BCUT2D eigenvalue weighted by Gasteiger charge is -2.09. The third-order valence-corrected chi connectivity index (χ3v) is 2.76. The Hall–Kier alpha value is -1.56. The number of aromatic nitrogens is 2. The van der Waals surface area contributed by atoms with Crippen LogP contribution in [0.15, 0.2) is 43.0 Å². The summed E-state index contributed by atoms with van der Waals surface area (Å²) in [6.45, 7) is 1.90. The van der Waals surface area contributed by atoms with Gasteiger partial charge in [0, 0.05) is 36.2 Å². The number of anilines is 1. The number of rotatable bonds is 5. The van der Waals surface area contributed by atoms with Gasteiger partial charge in [0.15, 0.2) is 0 Å². The van der Waals surface area contributed by atoms with Gasteiger partial charge in [-0.3, -0.25) is 4.79 Å². The maximum atomic E-state index is 11.7. The van der Waals surface area contributed by atoms with Crippen molar-refractivity contribution < 1.29 is 4.79 Å². The Morgan fingerprint density at radius 2 is 2.19 bits per heavy atom. The van der Waals surface area contributed by atoms with E-state index in [1.54, 1.807) is 12.5 Å². The molecule has 1 aromatic heterocycles. The minimum absolute atomic E-state index is 0. The van der Waals surface area contributed by atoms with Crippen LogP contribution >= 0.6 is 24.8 Å². The topological polar surface area (TPSA) is 72.9 Å². The molecule has 1 unspecified atom stereocenters. The fourth-order valence-electron chi connectivity index (χ4n) is 1.74. The van der Waals surface area contributed by atoms with Crippen molar-refractivity contribution in [2.45, 2.75) is 25.8 Å². The average Bonchev–Trinajstić information content (AvgIpc) is 2.90. The average molecular weight is 331 g/mol. The normalized spacial score (nSPS) is 11.0. The van der Waals surface area contributed by atoms with Gasteiger partial charge in [-0.25, -0.2) is 4.98 Å². The quantitative estimate of drug-likeness (QED) is 0.885. The minimum Gasteiger partial charge on any atom is -0.328 e. The summed E-state index contributed by atoms with van der Waals surface area (Å²) < 4.78 is 1.89. The van der Waals surface area contributed by atoms with Gasteiger partial charge in [0.2, 0.25) is 5.91 Å². The van der Waals surface area contributed by atoms with Crippen molar-refractivity contribution in [3.63, 3.8) is 0 Å². The molecule has 2 aromatic rings. The molecule has 1 atom stereocenters. The number of halogens is 2. The third-order valence-electron chi connectivity index (χ3n) is 2.76.